The van der Waals surface area contributed by atoms with E-state index >= 15 is 0 Å². The van der Waals surface area contributed by atoms with E-state index in [0.717, 1.165) is 48.3 Å². The molecule has 0 saturated heterocycles. The first-order valence-electron chi connectivity index (χ1n) is 13.6. The molecule has 0 heterocycles. The predicted octanol–water partition coefficient (Wildman–Crippen LogP) is 8.33. The predicted molar refractivity (Wildman–Crippen MR) is 137 cm³/mol. The van der Waals surface area contributed by atoms with Gasteiger partial charge in [-0.25, -0.2) is 0 Å². The van der Waals surface area contributed by atoms with Gasteiger partial charge in [-0.15, -0.1) is 0 Å². The Bertz CT molecular complexity index is 714. The Labute approximate surface area is 205 Å². The van der Waals surface area contributed by atoms with Gasteiger partial charge in [-0.3, -0.25) is 4.79 Å². The highest BCUT2D eigenvalue weighted by Crippen LogP contribution is 2.67. The Morgan fingerprint density at radius 3 is 2.59 bits per heavy atom. The van der Waals surface area contributed by atoms with E-state index in [1.54, 1.807) is 5.57 Å². The number of allylic oxidation sites excluding steroid dienone is 1. The number of alkyl halides is 1. The molecule has 0 N–H and O–H groups in total. The Kier molecular flexibility index (Phi) is 7.55. The van der Waals surface area contributed by atoms with E-state index in [4.69, 9.17) is 4.74 Å². The number of rotatable bonds is 7. The van der Waals surface area contributed by atoms with Crippen molar-refractivity contribution in [3.8, 4) is 0 Å². The smallest absolute Gasteiger partial charge is 0.316 e. The molecule has 4 aliphatic rings. The average Bonchev–Trinajstić information content (AvgIpc) is 3.11. The summed E-state index contributed by atoms with van der Waals surface area (Å²) >= 11 is 3.24. The third-order valence-electron chi connectivity index (χ3n) is 10.7. The third-order valence-corrected chi connectivity index (χ3v) is 11.1. The average molecular weight is 508 g/mol. The van der Waals surface area contributed by atoms with Gasteiger partial charge in [0.05, 0.1) is 0 Å². The molecular weight excluding hydrogens is 460 g/mol. The van der Waals surface area contributed by atoms with Crippen LogP contribution >= 0.6 is 15.9 Å². The van der Waals surface area contributed by atoms with E-state index in [2.05, 4.69) is 56.6 Å². The fourth-order valence-electron chi connectivity index (χ4n) is 8.97. The molecule has 0 aliphatic heterocycles. The summed E-state index contributed by atoms with van der Waals surface area (Å²) in [5.74, 6) is 5.16. The van der Waals surface area contributed by atoms with Crippen molar-refractivity contribution in [1.82, 2.24) is 0 Å². The van der Waals surface area contributed by atoms with Crippen LogP contribution in [0.15, 0.2) is 11.6 Å². The number of ether oxygens (including phenoxy) is 1. The van der Waals surface area contributed by atoms with E-state index < -0.39 is 0 Å². The van der Waals surface area contributed by atoms with Crippen LogP contribution in [0.1, 0.15) is 105 Å². The molecule has 0 unspecified atom stereocenters. The van der Waals surface area contributed by atoms with Gasteiger partial charge < -0.3 is 4.74 Å². The highest BCUT2D eigenvalue weighted by molar-refractivity contribution is 9.09. The van der Waals surface area contributed by atoms with Crippen LogP contribution in [-0.2, 0) is 9.53 Å². The number of carbonyl (C=O) groups excluding carboxylic acids is 1. The van der Waals surface area contributed by atoms with Crippen molar-refractivity contribution in [2.24, 2.45) is 46.3 Å². The molecule has 0 amide bonds. The summed E-state index contributed by atoms with van der Waals surface area (Å²) in [4.78, 5) is 11.8. The summed E-state index contributed by atoms with van der Waals surface area (Å²) in [5.41, 5.74) is 2.50. The SMILES string of the molecule is CC(C)CCC[C@@H](C)[C@@H]1CC[C@@H]2[C@H]3CC=C4C[C@@H](OC(=O)CBr)CC[C@]4(C)[C@@H]3CC[C@@]21C. The summed E-state index contributed by atoms with van der Waals surface area (Å²) in [6, 6.07) is 0. The van der Waals surface area contributed by atoms with Gasteiger partial charge in [-0.05, 0) is 91.3 Å². The highest BCUT2D eigenvalue weighted by Gasteiger charge is 2.59. The maximum atomic E-state index is 11.8. The van der Waals surface area contributed by atoms with Crippen molar-refractivity contribution >= 4 is 21.9 Å². The fourth-order valence-corrected chi connectivity index (χ4v) is 9.10. The van der Waals surface area contributed by atoms with Crippen LogP contribution in [0, 0.1) is 46.3 Å². The van der Waals surface area contributed by atoms with Crippen LogP contribution in [0.2, 0.25) is 0 Å². The summed E-state index contributed by atoms with van der Waals surface area (Å²) < 4.78 is 5.72. The van der Waals surface area contributed by atoms with Gasteiger partial charge in [0.2, 0.25) is 0 Å². The molecule has 0 aromatic heterocycles. The first-order chi connectivity index (χ1) is 15.2. The number of carbonyl (C=O) groups is 1. The van der Waals surface area contributed by atoms with E-state index in [0.29, 0.717) is 16.2 Å². The molecule has 4 aliphatic carbocycles. The Morgan fingerprint density at radius 1 is 1.09 bits per heavy atom. The number of fused-ring (bicyclic) bond motifs is 5. The summed E-state index contributed by atoms with van der Waals surface area (Å²) in [6.45, 7) is 12.5. The van der Waals surface area contributed by atoms with Gasteiger partial charge in [0, 0.05) is 6.42 Å². The van der Waals surface area contributed by atoms with Crippen LogP contribution in [0.25, 0.3) is 0 Å². The molecule has 3 heteroatoms. The lowest BCUT2D eigenvalue weighted by Gasteiger charge is -2.58. The van der Waals surface area contributed by atoms with Gasteiger partial charge in [-0.1, -0.05) is 81.5 Å². The lowest BCUT2D eigenvalue weighted by Crippen LogP contribution is -2.51. The second-order valence-electron chi connectivity index (χ2n) is 12.8. The van der Waals surface area contributed by atoms with Gasteiger partial charge >= 0.3 is 5.97 Å². The molecule has 0 radical (unpaired) electrons. The minimum absolute atomic E-state index is 0.0901. The molecule has 0 bridgehead atoms. The highest BCUT2D eigenvalue weighted by atomic mass is 79.9. The van der Waals surface area contributed by atoms with Crippen LogP contribution in [0.3, 0.4) is 0 Å². The molecule has 32 heavy (non-hydrogen) atoms. The normalized spacial score (nSPS) is 42.0. The minimum Gasteiger partial charge on any atom is -0.461 e. The van der Waals surface area contributed by atoms with Crippen LogP contribution < -0.4 is 0 Å². The molecule has 182 valence electrons. The lowest BCUT2D eigenvalue weighted by atomic mass is 9.47. The van der Waals surface area contributed by atoms with Crippen molar-refractivity contribution in [3.05, 3.63) is 11.6 Å². The van der Waals surface area contributed by atoms with E-state index in [-0.39, 0.29) is 12.1 Å². The van der Waals surface area contributed by atoms with Crippen molar-refractivity contribution < 1.29 is 9.53 Å². The molecule has 0 aromatic rings. The maximum Gasteiger partial charge on any atom is 0.316 e. The number of hydrogen-bond donors (Lipinski definition) is 0. The van der Waals surface area contributed by atoms with Crippen molar-refractivity contribution in [1.29, 1.82) is 0 Å². The van der Waals surface area contributed by atoms with Crippen LogP contribution in [0.5, 0.6) is 0 Å². The first-order valence-corrected chi connectivity index (χ1v) is 14.8. The summed E-state index contributed by atoms with van der Waals surface area (Å²) in [7, 11) is 0. The topological polar surface area (TPSA) is 26.3 Å². The maximum absolute atomic E-state index is 11.8. The molecule has 3 saturated carbocycles. The fraction of sp³-hybridized carbons (Fsp3) is 0.897. The Hall–Kier alpha value is -0.310. The van der Waals surface area contributed by atoms with Gasteiger partial charge in [0.25, 0.3) is 0 Å². The van der Waals surface area contributed by atoms with Gasteiger partial charge in [-0.2, -0.15) is 0 Å². The zero-order chi connectivity index (χ0) is 23.1. The molecule has 3 fully saturated rings. The van der Waals surface area contributed by atoms with Crippen molar-refractivity contribution in [3.63, 3.8) is 0 Å². The number of hydrogen-bond acceptors (Lipinski definition) is 2. The lowest BCUT2D eigenvalue weighted by molar-refractivity contribution is -0.148. The Morgan fingerprint density at radius 2 is 1.88 bits per heavy atom. The van der Waals surface area contributed by atoms with Crippen LogP contribution in [-0.4, -0.2) is 17.4 Å². The van der Waals surface area contributed by atoms with E-state index in [1.165, 1.54) is 57.8 Å². The summed E-state index contributed by atoms with van der Waals surface area (Å²) in [5, 5.41) is 0.307. The molecule has 0 aromatic carbocycles. The van der Waals surface area contributed by atoms with Crippen molar-refractivity contribution in [2.45, 2.75) is 111 Å². The molecule has 0 spiro atoms. The van der Waals surface area contributed by atoms with E-state index in [1.807, 2.05) is 0 Å². The zero-order valence-corrected chi connectivity index (χ0v) is 22.9. The van der Waals surface area contributed by atoms with Crippen LogP contribution in [0.4, 0.5) is 0 Å². The molecular formula is C29H47BrO2. The van der Waals surface area contributed by atoms with Gasteiger partial charge in [0.15, 0.2) is 0 Å². The molecule has 4 rings (SSSR count). The second kappa shape index (κ2) is 9.74. The first kappa shape index (κ1) is 24.8. The minimum atomic E-state index is -0.110. The summed E-state index contributed by atoms with van der Waals surface area (Å²) in [6.07, 6.45) is 17.1. The largest absolute Gasteiger partial charge is 0.461 e. The molecule has 2 nitrogen and oxygen atoms in total. The second-order valence-corrected chi connectivity index (χ2v) is 13.3. The monoisotopic (exact) mass is 506 g/mol. The van der Waals surface area contributed by atoms with Crippen molar-refractivity contribution in [2.75, 3.05) is 5.33 Å². The van der Waals surface area contributed by atoms with E-state index in [9.17, 15) is 4.79 Å². The van der Waals surface area contributed by atoms with Gasteiger partial charge in [0.1, 0.15) is 11.4 Å². The quantitative estimate of drug-likeness (QED) is 0.197. The molecule has 8 atom stereocenters. The standard InChI is InChI=1S/C29H47BrO2/c1-19(2)7-6-8-20(3)24-11-12-25-23-10-9-21-17-22(32-27(31)18-30)13-15-28(21,4)26(23)14-16-29(24,25)5/h9,19-20,22-26H,6-8,10-18H2,1-5H3/t20-,22+,23-,24+,25-,26-,28+,29-/m1/s1. The number of esters is 1. The zero-order valence-electron chi connectivity index (χ0n) is 21.3. The Balaban J connectivity index is 1.45. The number of halogens is 1. The third kappa shape index (κ3) is 4.50.